The zero-order valence-corrected chi connectivity index (χ0v) is 15.3. The van der Waals surface area contributed by atoms with Crippen LogP contribution >= 0.6 is 0 Å². The van der Waals surface area contributed by atoms with E-state index < -0.39 is 0 Å². The highest BCUT2D eigenvalue weighted by Gasteiger charge is 2.20. The molecular weight excluding hydrogens is 334 g/mol. The maximum Gasteiger partial charge on any atom is 0.255 e. The van der Waals surface area contributed by atoms with Gasteiger partial charge in [0.1, 0.15) is 0 Å². The molecule has 2 amide bonds. The molecule has 3 N–H and O–H groups in total. The summed E-state index contributed by atoms with van der Waals surface area (Å²) < 4.78 is 10.5. The second-order valence-corrected chi connectivity index (χ2v) is 5.92. The van der Waals surface area contributed by atoms with Crippen molar-refractivity contribution in [1.29, 1.82) is 0 Å². The van der Waals surface area contributed by atoms with E-state index in [0.29, 0.717) is 28.4 Å². The average Bonchev–Trinajstić information content (AvgIpc) is 2.62. The van der Waals surface area contributed by atoms with Gasteiger partial charge in [0.2, 0.25) is 5.91 Å². The first-order chi connectivity index (χ1) is 12.3. The summed E-state index contributed by atoms with van der Waals surface area (Å²) >= 11 is 0. The lowest BCUT2D eigenvalue weighted by molar-refractivity contribution is -0.115. The topological polar surface area (TPSA) is 93.9 Å². The van der Waals surface area contributed by atoms with Gasteiger partial charge in [-0.3, -0.25) is 9.59 Å². The molecular formula is C19H23N3O4. The number of nitrogens with two attached hydrogens (primary N) is 1. The van der Waals surface area contributed by atoms with Crippen LogP contribution in [0.15, 0.2) is 36.4 Å². The molecule has 0 heterocycles. The van der Waals surface area contributed by atoms with Gasteiger partial charge >= 0.3 is 0 Å². The van der Waals surface area contributed by atoms with E-state index in [1.165, 1.54) is 19.1 Å². The Morgan fingerprint density at radius 2 is 1.62 bits per heavy atom. The molecule has 0 aliphatic rings. The molecule has 0 unspecified atom stereocenters. The molecule has 7 heteroatoms. The van der Waals surface area contributed by atoms with Crippen molar-refractivity contribution in [2.75, 3.05) is 39.4 Å². The number of nitrogens with one attached hydrogen (secondary N) is 1. The molecule has 0 radical (unpaired) electrons. The largest absolute Gasteiger partial charge is 0.493 e. The maximum atomic E-state index is 12.5. The van der Waals surface area contributed by atoms with Crippen molar-refractivity contribution >= 4 is 23.2 Å². The number of amides is 2. The number of carbonyl (C=O) groups is 2. The lowest BCUT2D eigenvalue weighted by atomic mass is 10.1. The maximum absolute atomic E-state index is 12.5. The van der Waals surface area contributed by atoms with Crippen LogP contribution in [0, 0.1) is 0 Å². The Bertz CT molecular complexity index is 801. The third kappa shape index (κ3) is 4.44. The summed E-state index contributed by atoms with van der Waals surface area (Å²) in [6.07, 6.45) is 0.157. The highest BCUT2D eigenvalue weighted by molar-refractivity contribution is 6.04. The van der Waals surface area contributed by atoms with Gasteiger partial charge in [0.05, 0.1) is 31.9 Å². The number of hydrogen-bond acceptors (Lipinski definition) is 5. The second kappa shape index (κ2) is 8.24. The minimum atomic E-state index is -0.256. The number of rotatable bonds is 6. The monoisotopic (exact) mass is 357 g/mol. The van der Waals surface area contributed by atoms with Gasteiger partial charge in [0, 0.05) is 25.8 Å². The standard InChI is InChI=1S/C19H23N3O4/c1-22(2)19(24)14-10-16(25-3)17(26-4)11-15(14)21-18(23)9-12-5-7-13(20)8-6-12/h5-8,10-11H,9,20H2,1-4H3,(H,21,23). The van der Waals surface area contributed by atoms with Gasteiger partial charge < -0.3 is 25.4 Å². The lowest BCUT2D eigenvalue weighted by Gasteiger charge is -2.18. The second-order valence-electron chi connectivity index (χ2n) is 5.92. The van der Waals surface area contributed by atoms with Crippen LogP contribution in [0.5, 0.6) is 11.5 Å². The van der Waals surface area contributed by atoms with Crippen LogP contribution in [0.25, 0.3) is 0 Å². The van der Waals surface area contributed by atoms with Gasteiger partial charge in [0.25, 0.3) is 5.91 Å². The number of hydrogen-bond donors (Lipinski definition) is 2. The van der Waals surface area contributed by atoms with Gasteiger partial charge in [-0.05, 0) is 23.8 Å². The Morgan fingerprint density at radius 1 is 1.04 bits per heavy atom. The molecule has 2 rings (SSSR count). The normalized spacial score (nSPS) is 10.2. The van der Waals surface area contributed by atoms with Crippen molar-refractivity contribution in [1.82, 2.24) is 4.90 Å². The molecule has 0 aliphatic heterocycles. The first-order valence-electron chi connectivity index (χ1n) is 7.97. The minimum Gasteiger partial charge on any atom is -0.493 e. The predicted molar refractivity (Wildman–Crippen MR) is 101 cm³/mol. The van der Waals surface area contributed by atoms with E-state index in [-0.39, 0.29) is 18.2 Å². The fourth-order valence-electron chi connectivity index (χ4n) is 2.42. The molecule has 0 aromatic heterocycles. The van der Waals surface area contributed by atoms with Crippen LogP contribution in [0.2, 0.25) is 0 Å². The number of benzene rings is 2. The number of ether oxygens (including phenoxy) is 2. The van der Waals surface area contributed by atoms with Gasteiger partial charge in [0.15, 0.2) is 11.5 Å². The molecule has 7 nitrogen and oxygen atoms in total. The van der Waals surface area contributed by atoms with Crippen LogP contribution in [0.4, 0.5) is 11.4 Å². The average molecular weight is 357 g/mol. The highest BCUT2D eigenvalue weighted by Crippen LogP contribution is 2.34. The fraction of sp³-hybridized carbons (Fsp3) is 0.263. The summed E-state index contributed by atoms with van der Waals surface area (Å²) in [5.74, 6) is 0.323. The summed E-state index contributed by atoms with van der Waals surface area (Å²) in [5.41, 5.74) is 7.78. The van der Waals surface area contributed by atoms with E-state index >= 15 is 0 Å². The van der Waals surface area contributed by atoms with E-state index in [1.807, 2.05) is 0 Å². The molecule has 0 saturated carbocycles. The third-order valence-corrected chi connectivity index (χ3v) is 3.78. The van der Waals surface area contributed by atoms with Crippen molar-refractivity contribution in [2.45, 2.75) is 6.42 Å². The molecule has 26 heavy (non-hydrogen) atoms. The minimum absolute atomic E-state index is 0.157. The number of nitrogen functional groups attached to an aromatic ring is 1. The van der Waals surface area contributed by atoms with Crippen LogP contribution in [-0.4, -0.2) is 45.0 Å². The quantitative estimate of drug-likeness (QED) is 0.773. The molecule has 0 aliphatic carbocycles. The van der Waals surface area contributed by atoms with Crippen molar-refractivity contribution in [3.05, 3.63) is 47.5 Å². The molecule has 0 atom stereocenters. The smallest absolute Gasteiger partial charge is 0.255 e. The van der Waals surface area contributed by atoms with Crippen molar-refractivity contribution in [3.8, 4) is 11.5 Å². The first kappa shape index (κ1) is 19.1. The highest BCUT2D eigenvalue weighted by atomic mass is 16.5. The van der Waals surface area contributed by atoms with E-state index in [4.69, 9.17) is 15.2 Å². The Balaban J connectivity index is 2.31. The molecule has 0 spiro atoms. The molecule has 0 saturated heterocycles. The van der Waals surface area contributed by atoms with Crippen LogP contribution in [0.3, 0.4) is 0 Å². The van der Waals surface area contributed by atoms with Gasteiger partial charge in [-0.1, -0.05) is 12.1 Å². The van der Waals surface area contributed by atoms with Crippen molar-refractivity contribution in [2.24, 2.45) is 0 Å². The van der Waals surface area contributed by atoms with E-state index in [1.54, 1.807) is 50.5 Å². The Hall–Kier alpha value is -3.22. The summed E-state index contributed by atoms with van der Waals surface area (Å²) in [4.78, 5) is 26.3. The first-order valence-corrected chi connectivity index (χ1v) is 7.97. The molecule has 138 valence electrons. The lowest BCUT2D eigenvalue weighted by Crippen LogP contribution is -2.24. The van der Waals surface area contributed by atoms with Gasteiger partial charge in [-0.2, -0.15) is 0 Å². The fourth-order valence-corrected chi connectivity index (χ4v) is 2.42. The van der Waals surface area contributed by atoms with Crippen LogP contribution in [0.1, 0.15) is 15.9 Å². The van der Waals surface area contributed by atoms with Crippen molar-refractivity contribution in [3.63, 3.8) is 0 Å². The number of methoxy groups -OCH3 is 2. The summed E-state index contributed by atoms with van der Waals surface area (Å²) in [6.45, 7) is 0. The SMILES string of the molecule is COc1cc(NC(=O)Cc2ccc(N)cc2)c(C(=O)N(C)C)cc1OC. The summed E-state index contributed by atoms with van der Waals surface area (Å²) in [5, 5.41) is 2.78. The van der Waals surface area contributed by atoms with Gasteiger partial charge in [-0.25, -0.2) is 0 Å². The van der Waals surface area contributed by atoms with E-state index in [9.17, 15) is 9.59 Å². The zero-order valence-electron chi connectivity index (χ0n) is 15.3. The van der Waals surface area contributed by atoms with Gasteiger partial charge in [-0.15, -0.1) is 0 Å². The number of carbonyl (C=O) groups excluding carboxylic acids is 2. The van der Waals surface area contributed by atoms with E-state index in [2.05, 4.69) is 5.32 Å². The van der Waals surface area contributed by atoms with E-state index in [0.717, 1.165) is 5.56 Å². The Labute approximate surface area is 152 Å². The Morgan fingerprint density at radius 3 is 2.15 bits per heavy atom. The predicted octanol–water partition coefficient (Wildman–Crippen LogP) is 2.17. The molecule has 0 fully saturated rings. The molecule has 0 bridgehead atoms. The summed E-state index contributed by atoms with van der Waals surface area (Å²) in [6, 6.07) is 10.2. The zero-order chi connectivity index (χ0) is 19.3. The molecule has 2 aromatic carbocycles. The number of nitrogens with zero attached hydrogens (tertiary/aromatic N) is 1. The number of anilines is 2. The third-order valence-electron chi connectivity index (χ3n) is 3.78. The summed E-state index contributed by atoms with van der Waals surface area (Å²) in [7, 11) is 6.25. The van der Waals surface area contributed by atoms with Crippen LogP contribution in [-0.2, 0) is 11.2 Å². The van der Waals surface area contributed by atoms with Crippen LogP contribution < -0.4 is 20.5 Å². The Kier molecular flexibility index (Phi) is 6.06. The van der Waals surface area contributed by atoms with Crippen molar-refractivity contribution < 1.29 is 19.1 Å². The molecule has 2 aromatic rings.